The van der Waals surface area contributed by atoms with Gasteiger partial charge in [0.15, 0.2) is 5.82 Å². The highest BCUT2D eigenvalue weighted by atomic mass is 19.1. The van der Waals surface area contributed by atoms with Gasteiger partial charge < -0.3 is 20.1 Å². The fourth-order valence-electron chi connectivity index (χ4n) is 4.71. The number of anilines is 3. The number of carbonyl (C=O) groups is 3. The van der Waals surface area contributed by atoms with Crippen molar-refractivity contribution in [2.24, 2.45) is 11.1 Å². The van der Waals surface area contributed by atoms with Crippen LogP contribution in [0.25, 0.3) is 0 Å². The Labute approximate surface area is 235 Å². The van der Waals surface area contributed by atoms with Gasteiger partial charge in [-0.2, -0.15) is 0 Å². The monoisotopic (exact) mass is 565 g/mol. The van der Waals surface area contributed by atoms with Gasteiger partial charge in [0.25, 0.3) is 0 Å². The van der Waals surface area contributed by atoms with E-state index in [1.54, 1.807) is 18.0 Å². The van der Waals surface area contributed by atoms with Crippen LogP contribution < -0.4 is 20.7 Å². The number of urea groups is 1. The zero-order valence-corrected chi connectivity index (χ0v) is 22.3. The molecule has 2 heterocycles. The predicted molar refractivity (Wildman–Crippen MR) is 146 cm³/mol. The fraction of sp³-hybridized carbons (Fsp3) is 0.310. The summed E-state index contributed by atoms with van der Waals surface area (Å²) in [5.41, 5.74) is 4.08. The molecule has 0 bridgehead atoms. The number of nitrogens with one attached hydrogen (secondary N) is 1. The van der Waals surface area contributed by atoms with Crippen LogP contribution in [0.1, 0.15) is 25.7 Å². The SMILES string of the molecule is CN(C(=O)Nc1cc(Oc2ccc(N(C(=O)C3(C(N)=O)CC3)c3ccc(F)cc3)c(F)c2)ccn1)C1CCOCC1. The smallest absolute Gasteiger partial charge is 0.323 e. The van der Waals surface area contributed by atoms with Crippen molar-refractivity contribution in [2.45, 2.75) is 31.7 Å². The van der Waals surface area contributed by atoms with E-state index >= 15 is 4.39 Å². The van der Waals surface area contributed by atoms with Crippen molar-refractivity contribution in [3.05, 3.63) is 72.4 Å². The zero-order chi connectivity index (χ0) is 29.1. The number of halogens is 2. The molecule has 1 aliphatic heterocycles. The Morgan fingerprint density at radius 1 is 1.02 bits per heavy atom. The molecule has 5 rings (SSSR count). The van der Waals surface area contributed by atoms with Crippen LogP contribution in [-0.4, -0.2) is 54.0 Å². The predicted octanol–water partition coefficient (Wildman–Crippen LogP) is 4.73. The molecule has 2 aromatic carbocycles. The molecular weight excluding hydrogens is 536 g/mol. The van der Waals surface area contributed by atoms with Gasteiger partial charge >= 0.3 is 6.03 Å². The minimum absolute atomic E-state index is 0.0591. The fourth-order valence-corrected chi connectivity index (χ4v) is 4.71. The third-order valence-corrected chi connectivity index (χ3v) is 7.34. The lowest BCUT2D eigenvalue weighted by Crippen LogP contribution is -2.42. The Balaban J connectivity index is 1.34. The molecule has 0 radical (unpaired) electrons. The van der Waals surface area contributed by atoms with Crippen LogP contribution in [0.4, 0.5) is 30.8 Å². The van der Waals surface area contributed by atoms with Crippen LogP contribution in [0, 0.1) is 17.0 Å². The molecule has 41 heavy (non-hydrogen) atoms. The first-order chi connectivity index (χ1) is 19.7. The maximum Gasteiger partial charge on any atom is 0.323 e. The summed E-state index contributed by atoms with van der Waals surface area (Å²) in [5, 5.41) is 2.74. The molecule has 1 aromatic heterocycles. The topological polar surface area (TPSA) is 127 Å². The molecule has 1 aliphatic carbocycles. The maximum absolute atomic E-state index is 15.5. The third-order valence-electron chi connectivity index (χ3n) is 7.34. The van der Waals surface area contributed by atoms with Crippen LogP contribution >= 0.6 is 0 Å². The van der Waals surface area contributed by atoms with Gasteiger partial charge in [0, 0.05) is 50.3 Å². The first-order valence-corrected chi connectivity index (χ1v) is 13.1. The van der Waals surface area contributed by atoms with Gasteiger partial charge in [0.1, 0.15) is 28.5 Å². The average molecular weight is 566 g/mol. The van der Waals surface area contributed by atoms with Crippen molar-refractivity contribution in [1.82, 2.24) is 9.88 Å². The van der Waals surface area contributed by atoms with Crippen molar-refractivity contribution in [3.63, 3.8) is 0 Å². The number of ether oxygens (including phenoxy) is 2. The van der Waals surface area contributed by atoms with E-state index in [-0.39, 0.29) is 53.6 Å². The van der Waals surface area contributed by atoms with Gasteiger partial charge in [-0.15, -0.1) is 0 Å². The molecule has 3 aromatic rings. The van der Waals surface area contributed by atoms with Crippen molar-refractivity contribution in [2.75, 3.05) is 30.5 Å². The summed E-state index contributed by atoms with van der Waals surface area (Å²) in [5.74, 6) is -2.20. The van der Waals surface area contributed by atoms with E-state index in [9.17, 15) is 18.8 Å². The summed E-state index contributed by atoms with van der Waals surface area (Å²) in [6.45, 7) is 1.20. The highest BCUT2D eigenvalue weighted by Crippen LogP contribution is 2.49. The Morgan fingerprint density at radius 2 is 1.71 bits per heavy atom. The average Bonchev–Trinajstić information content (AvgIpc) is 3.78. The van der Waals surface area contributed by atoms with E-state index < -0.39 is 28.9 Å². The number of benzene rings is 2. The van der Waals surface area contributed by atoms with Gasteiger partial charge in [0.2, 0.25) is 11.8 Å². The molecule has 0 unspecified atom stereocenters. The number of hydrogen-bond donors (Lipinski definition) is 2. The number of hydrogen-bond acceptors (Lipinski definition) is 6. The lowest BCUT2D eigenvalue weighted by Gasteiger charge is -2.31. The molecule has 214 valence electrons. The molecule has 2 aliphatic rings. The lowest BCUT2D eigenvalue weighted by molar-refractivity contribution is -0.133. The van der Waals surface area contributed by atoms with Crippen LogP contribution in [-0.2, 0) is 14.3 Å². The van der Waals surface area contributed by atoms with Crippen molar-refractivity contribution >= 4 is 35.0 Å². The molecule has 4 amide bonds. The molecule has 1 saturated heterocycles. The number of aromatic nitrogens is 1. The second kappa shape index (κ2) is 11.5. The standard InChI is InChI=1S/C29H29F2N5O5/c1-35(19-9-14-40-15-10-19)28(39)34-25-17-22(8-13-33-25)41-21-6-7-24(23(31)16-21)36(20-4-2-18(30)3-5-20)27(38)29(11-12-29)26(32)37/h2-8,13,16-17,19H,9-12,14-15H2,1H3,(H2,32,37)(H,33,34,39). The third kappa shape index (κ3) is 5.97. The summed E-state index contributed by atoms with van der Waals surface area (Å²) in [7, 11) is 1.71. The zero-order valence-electron chi connectivity index (χ0n) is 22.3. The Morgan fingerprint density at radius 3 is 2.34 bits per heavy atom. The molecule has 0 spiro atoms. The Kier molecular flexibility index (Phi) is 7.84. The molecule has 0 atom stereocenters. The van der Waals surface area contributed by atoms with Crippen LogP contribution in [0.15, 0.2) is 60.8 Å². The Hall–Kier alpha value is -4.58. The number of nitrogens with two attached hydrogens (primary N) is 1. The minimum atomic E-state index is -1.44. The lowest BCUT2D eigenvalue weighted by atomic mass is 10.0. The minimum Gasteiger partial charge on any atom is -0.457 e. The highest BCUT2D eigenvalue weighted by Gasteiger charge is 2.57. The first-order valence-electron chi connectivity index (χ1n) is 13.1. The normalized spacial score (nSPS) is 16.0. The van der Waals surface area contributed by atoms with Crippen LogP contribution in [0.3, 0.4) is 0 Å². The molecule has 2 fully saturated rings. The van der Waals surface area contributed by atoms with Gasteiger partial charge in [-0.25, -0.2) is 18.6 Å². The number of nitrogens with zero attached hydrogens (tertiary/aromatic N) is 3. The van der Waals surface area contributed by atoms with E-state index in [1.165, 1.54) is 36.5 Å². The number of carbonyl (C=O) groups excluding carboxylic acids is 3. The highest BCUT2D eigenvalue weighted by molar-refractivity contribution is 6.16. The summed E-state index contributed by atoms with van der Waals surface area (Å²) >= 11 is 0. The summed E-state index contributed by atoms with van der Waals surface area (Å²) in [6.07, 6.45) is 3.42. The van der Waals surface area contributed by atoms with E-state index in [0.717, 1.165) is 35.9 Å². The summed E-state index contributed by atoms with van der Waals surface area (Å²) in [6, 6.07) is 11.5. The van der Waals surface area contributed by atoms with Gasteiger partial charge in [0.05, 0.1) is 5.69 Å². The molecule has 12 heteroatoms. The van der Waals surface area contributed by atoms with E-state index in [4.69, 9.17) is 15.2 Å². The van der Waals surface area contributed by atoms with Crippen LogP contribution in [0.5, 0.6) is 11.5 Å². The van der Waals surface area contributed by atoms with E-state index in [0.29, 0.717) is 13.2 Å². The number of pyridine rings is 1. The quantitative estimate of drug-likeness (QED) is 0.381. The number of amides is 4. The van der Waals surface area contributed by atoms with Crippen LogP contribution in [0.2, 0.25) is 0 Å². The summed E-state index contributed by atoms with van der Waals surface area (Å²) < 4.78 is 40.2. The van der Waals surface area contributed by atoms with Crippen molar-refractivity contribution in [3.8, 4) is 11.5 Å². The first kappa shape index (κ1) is 28.0. The molecular formula is C29H29F2N5O5. The van der Waals surface area contributed by atoms with E-state index in [1.807, 2.05) is 0 Å². The number of rotatable bonds is 8. The van der Waals surface area contributed by atoms with Gasteiger partial charge in [-0.05, 0) is 68.1 Å². The maximum atomic E-state index is 15.5. The molecule has 1 saturated carbocycles. The number of primary amides is 1. The van der Waals surface area contributed by atoms with Gasteiger partial charge in [-0.1, -0.05) is 0 Å². The molecule has 3 N–H and O–H groups in total. The van der Waals surface area contributed by atoms with Gasteiger partial charge in [-0.3, -0.25) is 19.8 Å². The second-order valence-corrected chi connectivity index (χ2v) is 10.0. The Bertz CT molecular complexity index is 1460. The largest absolute Gasteiger partial charge is 0.457 e. The van der Waals surface area contributed by atoms with E-state index in [2.05, 4.69) is 10.3 Å². The van der Waals surface area contributed by atoms with Crippen molar-refractivity contribution < 1.29 is 32.6 Å². The molecule has 10 nitrogen and oxygen atoms in total. The summed E-state index contributed by atoms with van der Waals surface area (Å²) in [4.78, 5) is 45.0. The second-order valence-electron chi connectivity index (χ2n) is 10.0. The van der Waals surface area contributed by atoms with Crippen molar-refractivity contribution in [1.29, 1.82) is 0 Å².